The van der Waals surface area contributed by atoms with Crippen molar-refractivity contribution in [3.63, 3.8) is 0 Å². The number of hydrogen-bond acceptors (Lipinski definition) is 4. The molecular formula is C15H12N4O2. The van der Waals surface area contributed by atoms with E-state index in [1.807, 2.05) is 13.0 Å². The highest BCUT2D eigenvalue weighted by molar-refractivity contribution is 6.08. The van der Waals surface area contributed by atoms with Crippen molar-refractivity contribution in [1.82, 2.24) is 10.4 Å². The van der Waals surface area contributed by atoms with E-state index in [0.29, 0.717) is 17.5 Å². The van der Waals surface area contributed by atoms with Crippen molar-refractivity contribution < 1.29 is 4.79 Å². The molecule has 6 nitrogen and oxygen atoms in total. The summed E-state index contributed by atoms with van der Waals surface area (Å²) < 4.78 is 0. The molecule has 0 aliphatic carbocycles. The number of H-pyrrole nitrogens is 1. The van der Waals surface area contributed by atoms with Gasteiger partial charge in [-0.25, -0.2) is 5.43 Å². The Bertz CT molecular complexity index is 873. The van der Waals surface area contributed by atoms with Crippen molar-refractivity contribution in [2.45, 2.75) is 13.3 Å². The number of hydrazone groups is 1. The Labute approximate surface area is 120 Å². The van der Waals surface area contributed by atoms with Gasteiger partial charge in [0.05, 0.1) is 16.8 Å². The van der Waals surface area contributed by atoms with Crippen molar-refractivity contribution in [2.24, 2.45) is 11.0 Å². The number of nitrogens with one attached hydrogen (secondary N) is 2. The van der Waals surface area contributed by atoms with E-state index in [0.717, 1.165) is 16.7 Å². The number of pyridine rings is 1. The lowest BCUT2D eigenvalue weighted by Gasteiger charge is -2.19. The average molecular weight is 280 g/mol. The van der Waals surface area contributed by atoms with Crippen LogP contribution in [0.25, 0.3) is 10.9 Å². The normalized spacial score (nSPS) is 18.0. The van der Waals surface area contributed by atoms with Crippen LogP contribution in [0.15, 0.2) is 34.2 Å². The van der Waals surface area contributed by atoms with E-state index in [1.54, 1.807) is 12.1 Å². The molecule has 0 bridgehead atoms. The fraction of sp³-hybridized carbons (Fsp3) is 0.200. The van der Waals surface area contributed by atoms with E-state index < -0.39 is 0 Å². The maximum Gasteiger partial charge on any atom is 0.248 e. The molecule has 0 radical (unpaired) electrons. The SMILES string of the molecule is CC1CC(=O)NN=C1c1cc(C#N)c2[nH]c(=O)ccc2c1. The van der Waals surface area contributed by atoms with Crippen LogP contribution in [0.3, 0.4) is 0 Å². The van der Waals surface area contributed by atoms with E-state index in [4.69, 9.17) is 0 Å². The van der Waals surface area contributed by atoms with Crippen LogP contribution >= 0.6 is 0 Å². The Hall–Kier alpha value is -2.94. The minimum Gasteiger partial charge on any atom is -0.321 e. The molecule has 0 saturated heterocycles. The van der Waals surface area contributed by atoms with Gasteiger partial charge in [-0.1, -0.05) is 6.92 Å². The van der Waals surface area contributed by atoms with Crippen molar-refractivity contribution in [2.75, 3.05) is 0 Å². The third kappa shape index (κ3) is 2.30. The van der Waals surface area contributed by atoms with Gasteiger partial charge < -0.3 is 4.98 Å². The van der Waals surface area contributed by atoms with Gasteiger partial charge in [-0.05, 0) is 18.2 Å². The Morgan fingerprint density at radius 3 is 2.86 bits per heavy atom. The third-order valence-electron chi connectivity index (χ3n) is 3.51. The monoisotopic (exact) mass is 280 g/mol. The lowest BCUT2D eigenvalue weighted by molar-refractivity contribution is -0.121. The van der Waals surface area contributed by atoms with E-state index in [2.05, 4.69) is 21.6 Å². The minimum atomic E-state index is -0.248. The summed E-state index contributed by atoms with van der Waals surface area (Å²) in [6.07, 6.45) is 0.365. The number of amides is 1. The zero-order chi connectivity index (χ0) is 15.0. The van der Waals surface area contributed by atoms with Crippen molar-refractivity contribution in [3.05, 3.63) is 45.7 Å². The number of carbonyl (C=O) groups is 1. The summed E-state index contributed by atoms with van der Waals surface area (Å²) >= 11 is 0. The molecular weight excluding hydrogens is 268 g/mol. The summed E-state index contributed by atoms with van der Waals surface area (Å²) in [5, 5.41) is 14.1. The van der Waals surface area contributed by atoms with Gasteiger partial charge in [-0.15, -0.1) is 0 Å². The quantitative estimate of drug-likeness (QED) is 0.822. The molecule has 104 valence electrons. The lowest BCUT2D eigenvalue weighted by atomic mass is 9.92. The number of fused-ring (bicyclic) bond motifs is 1. The average Bonchev–Trinajstić information content (AvgIpc) is 2.46. The zero-order valence-electron chi connectivity index (χ0n) is 11.3. The fourth-order valence-corrected chi connectivity index (χ4v) is 2.50. The second-order valence-corrected chi connectivity index (χ2v) is 5.06. The number of nitrogens with zero attached hydrogens (tertiary/aromatic N) is 2. The van der Waals surface area contributed by atoms with Crippen molar-refractivity contribution >= 4 is 22.5 Å². The molecule has 6 heteroatoms. The number of nitriles is 1. The number of hydrogen-bond donors (Lipinski definition) is 2. The smallest absolute Gasteiger partial charge is 0.248 e. The third-order valence-corrected chi connectivity index (χ3v) is 3.51. The van der Waals surface area contributed by atoms with Crippen LogP contribution in [-0.2, 0) is 4.79 Å². The highest BCUT2D eigenvalue weighted by Gasteiger charge is 2.22. The molecule has 1 aliphatic rings. The molecule has 2 N–H and O–H groups in total. The summed E-state index contributed by atoms with van der Waals surface area (Å²) in [6.45, 7) is 1.92. The van der Waals surface area contributed by atoms with Crippen LogP contribution in [0, 0.1) is 17.2 Å². The Morgan fingerprint density at radius 1 is 1.33 bits per heavy atom. The molecule has 0 saturated carbocycles. The number of aromatic nitrogens is 1. The second kappa shape index (κ2) is 4.87. The topological polar surface area (TPSA) is 98.1 Å². The first kappa shape index (κ1) is 13.1. The standard InChI is InChI=1S/C15H12N4O2/c1-8-4-13(21)18-19-14(8)10-5-9-2-3-12(20)17-15(9)11(6-10)7-16/h2-3,5-6,8H,4H2,1H3,(H,17,20)(H,18,21). The van der Waals surface area contributed by atoms with Crippen molar-refractivity contribution in [3.8, 4) is 6.07 Å². The highest BCUT2D eigenvalue weighted by atomic mass is 16.2. The Balaban J connectivity index is 2.21. The fourth-order valence-electron chi connectivity index (χ4n) is 2.50. The maximum absolute atomic E-state index is 11.4. The van der Waals surface area contributed by atoms with Gasteiger partial charge in [0.1, 0.15) is 6.07 Å². The lowest BCUT2D eigenvalue weighted by Crippen LogP contribution is -2.32. The molecule has 21 heavy (non-hydrogen) atoms. The molecule has 3 rings (SSSR count). The molecule has 0 fully saturated rings. The Kier molecular flexibility index (Phi) is 3.03. The minimum absolute atomic E-state index is 0.0227. The summed E-state index contributed by atoms with van der Waals surface area (Å²) in [6, 6.07) is 8.72. The molecule has 1 atom stereocenters. The van der Waals surface area contributed by atoms with Gasteiger partial charge in [0.25, 0.3) is 0 Å². The molecule has 1 amide bonds. The van der Waals surface area contributed by atoms with Crippen molar-refractivity contribution in [1.29, 1.82) is 5.26 Å². The van der Waals surface area contributed by atoms with Crippen LogP contribution in [0.4, 0.5) is 0 Å². The van der Waals surface area contributed by atoms with E-state index in [1.165, 1.54) is 6.07 Å². The number of rotatable bonds is 1. The number of carbonyl (C=O) groups excluding carboxylic acids is 1. The molecule has 0 spiro atoms. The maximum atomic E-state index is 11.4. The van der Waals surface area contributed by atoms with Crippen LogP contribution in [0.2, 0.25) is 0 Å². The molecule has 1 unspecified atom stereocenters. The van der Waals surface area contributed by atoms with Crippen LogP contribution in [-0.4, -0.2) is 16.6 Å². The molecule has 1 aliphatic heterocycles. The first-order chi connectivity index (χ1) is 10.1. The van der Waals surface area contributed by atoms with Gasteiger partial charge in [0.2, 0.25) is 11.5 Å². The predicted molar refractivity (Wildman–Crippen MR) is 77.7 cm³/mol. The second-order valence-electron chi connectivity index (χ2n) is 5.06. The number of aromatic amines is 1. The Morgan fingerprint density at radius 2 is 2.14 bits per heavy atom. The largest absolute Gasteiger partial charge is 0.321 e. The van der Waals surface area contributed by atoms with E-state index in [9.17, 15) is 14.9 Å². The van der Waals surface area contributed by atoms with Crippen LogP contribution in [0.5, 0.6) is 0 Å². The zero-order valence-corrected chi connectivity index (χ0v) is 11.3. The first-order valence-electron chi connectivity index (χ1n) is 6.52. The van der Waals surface area contributed by atoms with Gasteiger partial charge in [0.15, 0.2) is 0 Å². The molecule has 2 heterocycles. The summed E-state index contributed by atoms with van der Waals surface area (Å²) in [5.74, 6) is -0.137. The van der Waals surface area contributed by atoms with Gasteiger partial charge in [-0.2, -0.15) is 10.4 Å². The predicted octanol–water partition coefficient (Wildman–Crippen LogP) is 1.26. The van der Waals surface area contributed by atoms with E-state index in [-0.39, 0.29) is 17.4 Å². The first-order valence-corrected chi connectivity index (χ1v) is 6.52. The molecule has 1 aromatic heterocycles. The highest BCUT2D eigenvalue weighted by Crippen LogP contribution is 2.22. The van der Waals surface area contributed by atoms with Gasteiger partial charge >= 0.3 is 0 Å². The number of benzene rings is 1. The summed E-state index contributed by atoms with van der Waals surface area (Å²) in [4.78, 5) is 25.4. The summed E-state index contributed by atoms with van der Waals surface area (Å²) in [5.41, 5.74) is 4.63. The van der Waals surface area contributed by atoms with Crippen LogP contribution in [0.1, 0.15) is 24.5 Å². The van der Waals surface area contributed by atoms with E-state index >= 15 is 0 Å². The van der Waals surface area contributed by atoms with Gasteiger partial charge in [0, 0.05) is 29.4 Å². The molecule has 1 aromatic carbocycles. The van der Waals surface area contributed by atoms with Gasteiger partial charge in [-0.3, -0.25) is 9.59 Å². The van der Waals surface area contributed by atoms with Crippen LogP contribution < -0.4 is 11.0 Å². The summed E-state index contributed by atoms with van der Waals surface area (Å²) in [7, 11) is 0. The molecule has 2 aromatic rings.